The van der Waals surface area contributed by atoms with E-state index in [9.17, 15) is 0 Å². The van der Waals surface area contributed by atoms with E-state index in [2.05, 4.69) is 51.9 Å². The summed E-state index contributed by atoms with van der Waals surface area (Å²) < 4.78 is 11.4. The maximum absolute atomic E-state index is 5.78. The van der Waals surface area contributed by atoms with E-state index in [4.69, 9.17) is 24.5 Å². The number of fused-ring (bicyclic) bond motifs is 7. The predicted molar refractivity (Wildman–Crippen MR) is 180 cm³/mol. The van der Waals surface area contributed by atoms with Crippen molar-refractivity contribution in [1.82, 2.24) is 4.90 Å². The Bertz CT molecular complexity index is 2020. The molecule has 0 radical (unpaired) electrons. The van der Waals surface area contributed by atoms with Gasteiger partial charge in [-0.1, -0.05) is 72.8 Å². The summed E-state index contributed by atoms with van der Waals surface area (Å²) in [4.78, 5) is 18.3. The number of aliphatic imine (C=N–C) groups is 3. The van der Waals surface area contributed by atoms with Gasteiger partial charge in [0.2, 0.25) is 0 Å². The number of para-hydroxylation sites is 5. The van der Waals surface area contributed by atoms with Crippen LogP contribution in [0.2, 0.25) is 0 Å². The van der Waals surface area contributed by atoms with E-state index < -0.39 is 6.04 Å². The van der Waals surface area contributed by atoms with Gasteiger partial charge in [0.25, 0.3) is 0 Å². The van der Waals surface area contributed by atoms with E-state index in [1.165, 1.54) is 0 Å². The molecule has 45 heavy (non-hydrogen) atoms. The van der Waals surface area contributed by atoms with Crippen LogP contribution >= 0.6 is 0 Å². The molecule has 2 unspecified atom stereocenters. The normalized spacial score (nSPS) is 17.8. The number of nitrogens with one attached hydrogen (secondary N) is 2. The molecule has 0 saturated carbocycles. The first kappa shape index (κ1) is 26.7. The number of amidine groups is 3. The molecule has 8 rings (SSSR count). The Hall–Kier alpha value is -5.89. The van der Waals surface area contributed by atoms with Crippen LogP contribution in [0.15, 0.2) is 136 Å². The van der Waals surface area contributed by atoms with Crippen molar-refractivity contribution in [1.29, 1.82) is 0 Å². The molecule has 2 N–H and O–H groups in total. The molecule has 0 bridgehead atoms. The van der Waals surface area contributed by atoms with E-state index in [0.717, 1.165) is 62.6 Å². The summed E-state index contributed by atoms with van der Waals surface area (Å²) in [5.74, 6) is 3.61. The third-order valence-corrected chi connectivity index (χ3v) is 8.35. The predicted octanol–water partition coefficient (Wildman–Crippen LogP) is 7.87. The van der Waals surface area contributed by atoms with Crippen molar-refractivity contribution in [3.63, 3.8) is 0 Å². The van der Waals surface area contributed by atoms with E-state index >= 15 is 0 Å². The number of hydrogen-bond donors (Lipinski definition) is 2. The second kappa shape index (κ2) is 11.0. The lowest BCUT2D eigenvalue weighted by Crippen LogP contribution is -2.53. The van der Waals surface area contributed by atoms with E-state index in [0.29, 0.717) is 11.5 Å². The summed E-state index contributed by atoms with van der Waals surface area (Å²) in [5, 5.41) is 7.59. The summed E-state index contributed by atoms with van der Waals surface area (Å²) in [6, 6.07) is 40.0. The minimum Gasteiger partial charge on any atom is -0.493 e. The van der Waals surface area contributed by atoms with Crippen LogP contribution in [-0.4, -0.2) is 42.7 Å². The monoisotopic (exact) mass is 590 g/mol. The second-order valence-corrected chi connectivity index (χ2v) is 11.0. The first-order chi connectivity index (χ1) is 22.2. The zero-order valence-corrected chi connectivity index (χ0v) is 24.8. The van der Waals surface area contributed by atoms with Gasteiger partial charge < -0.3 is 20.1 Å². The minimum atomic E-state index is -0.421. The molecule has 0 saturated heterocycles. The second-order valence-electron chi connectivity index (χ2n) is 11.0. The molecule has 5 aromatic rings. The van der Waals surface area contributed by atoms with Crippen LogP contribution in [0.5, 0.6) is 11.5 Å². The van der Waals surface area contributed by atoms with Crippen LogP contribution in [0.4, 0.5) is 28.4 Å². The maximum Gasteiger partial charge on any atom is 0.161 e. The number of anilines is 2. The molecule has 0 aliphatic carbocycles. The fraction of sp³-hybridized carbons (Fsp3) is 0.108. The van der Waals surface area contributed by atoms with Crippen LogP contribution in [0.25, 0.3) is 0 Å². The van der Waals surface area contributed by atoms with Crippen LogP contribution in [0.1, 0.15) is 22.7 Å². The number of methoxy groups -OCH3 is 2. The third-order valence-electron chi connectivity index (χ3n) is 8.35. The number of ether oxygens (including phenoxy) is 2. The van der Waals surface area contributed by atoms with Gasteiger partial charge in [0.15, 0.2) is 11.5 Å². The molecule has 0 spiro atoms. The summed E-state index contributed by atoms with van der Waals surface area (Å²) in [7, 11) is 3.31. The van der Waals surface area contributed by atoms with E-state index in [1.807, 2.05) is 84.9 Å². The zero-order chi connectivity index (χ0) is 30.3. The quantitative estimate of drug-likeness (QED) is 0.223. The molecule has 8 nitrogen and oxygen atoms in total. The SMILES string of the molecule is COc1ccc(C2Nc3ccccc3NC3=Nc4ccccc4C4=Nc5ccccc5N=C(c5ccccc5)N4C32)cc1OC. The fourth-order valence-electron chi connectivity index (χ4n) is 6.24. The Morgan fingerprint density at radius 1 is 0.600 bits per heavy atom. The van der Waals surface area contributed by atoms with Gasteiger partial charge in [0.05, 0.1) is 48.7 Å². The van der Waals surface area contributed by atoms with Gasteiger partial charge in [-0.3, -0.25) is 4.90 Å². The Morgan fingerprint density at radius 2 is 1.24 bits per heavy atom. The van der Waals surface area contributed by atoms with Gasteiger partial charge in [0.1, 0.15) is 23.5 Å². The van der Waals surface area contributed by atoms with E-state index in [1.54, 1.807) is 14.2 Å². The first-order valence-corrected chi connectivity index (χ1v) is 14.9. The highest BCUT2D eigenvalue weighted by Gasteiger charge is 2.43. The van der Waals surface area contributed by atoms with Gasteiger partial charge in [-0.2, -0.15) is 0 Å². The standard InChI is InChI=1S/C37H30N6O2/c1-44-31-21-20-24(22-32(31)45-2)33-34-35(40-28-17-9-8-16-27(28)38-33)39-26-15-7-6-14-25(26)37-42-30-19-11-10-18-29(30)41-36(43(34)37)23-12-4-3-5-13-23/h3-22,33-34,38H,1-2H3,(H,39,40). The molecule has 2 atom stereocenters. The third kappa shape index (κ3) is 4.58. The average Bonchev–Trinajstić information content (AvgIpc) is 3.42. The molecule has 3 aliphatic heterocycles. The van der Waals surface area contributed by atoms with Crippen molar-refractivity contribution in [3.05, 3.63) is 138 Å². The fourth-order valence-corrected chi connectivity index (χ4v) is 6.24. The lowest BCUT2D eigenvalue weighted by molar-refractivity contribution is 0.354. The molecule has 0 amide bonds. The van der Waals surface area contributed by atoms with Gasteiger partial charge in [-0.05, 0) is 54.1 Å². The molecule has 0 fully saturated rings. The highest BCUT2D eigenvalue weighted by molar-refractivity contribution is 6.23. The highest BCUT2D eigenvalue weighted by Crippen LogP contribution is 2.43. The molecule has 220 valence electrons. The Kier molecular flexibility index (Phi) is 6.52. The summed E-state index contributed by atoms with van der Waals surface area (Å²) >= 11 is 0. The Labute approximate surface area is 261 Å². The maximum atomic E-state index is 5.78. The van der Waals surface area contributed by atoms with Crippen LogP contribution < -0.4 is 20.1 Å². The minimum absolute atomic E-state index is 0.325. The molecule has 3 heterocycles. The lowest BCUT2D eigenvalue weighted by Gasteiger charge is -2.38. The van der Waals surface area contributed by atoms with E-state index in [-0.39, 0.29) is 6.04 Å². The van der Waals surface area contributed by atoms with Gasteiger partial charge in [0, 0.05) is 11.1 Å². The highest BCUT2D eigenvalue weighted by atomic mass is 16.5. The van der Waals surface area contributed by atoms with Crippen molar-refractivity contribution in [2.45, 2.75) is 12.1 Å². The van der Waals surface area contributed by atoms with Crippen molar-refractivity contribution in [2.24, 2.45) is 15.0 Å². The lowest BCUT2D eigenvalue weighted by atomic mass is 9.95. The zero-order valence-electron chi connectivity index (χ0n) is 24.8. The van der Waals surface area contributed by atoms with Gasteiger partial charge in [-0.25, -0.2) is 15.0 Å². The molecule has 8 heteroatoms. The summed E-state index contributed by atoms with van der Waals surface area (Å²) in [5.41, 5.74) is 7.17. The molecule has 5 aromatic carbocycles. The Morgan fingerprint density at radius 3 is 2.00 bits per heavy atom. The van der Waals surface area contributed by atoms with Crippen molar-refractivity contribution in [2.75, 3.05) is 24.9 Å². The largest absolute Gasteiger partial charge is 0.493 e. The van der Waals surface area contributed by atoms with Gasteiger partial charge in [-0.15, -0.1) is 0 Å². The molecular weight excluding hydrogens is 560 g/mol. The van der Waals surface area contributed by atoms with Gasteiger partial charge >= 0.3 is 0 Å². The average molecular weight is 591 g/mol. The molecule has 3 aliphatic rings. The number of nitrogens with zero attached hydrogens (tertiary/aromatic N) is 4. The number of rotatable bonds is 4. The van der Waals surface area contributed by atoms with Crippen LogP contribution in [0, 0.1) is 0 Å². The van der Waals surface area contributed by atoms with Crippen molar-refractivity contribution in [3.8, 4) is 11.5 Å². The first-order valence-electron chi connectivity index (χ1n) is 14.9. The smallest absolute Gasteiger partial charge is 0.161 e. The van der Waals surface area contributed by atoms with Crippen LogP contribution in [0.3, 0.4) is 0 Å². The Balaban J connectivity index is 1.45. The van der Waals surface area contributed by atoms with Crippen molar-refractivity contribution < 1.29 is 9.47 Å². The molecule has 0 aromatic heterocycles. The summed E-state index contributed by atoms with van der Waals surface area (Å²) in [6.45, 7) is 0. The molecular formula is C37H30N6O2. The number of benzene rings is 5. The van der Waals surface area contributed by atoms with Crippen LogP contribution in [-0.2, 0) is 0 Å². The van der Waals surface area contributed by atoms with Crippen molar-refractivity contribution >= 4 is 45.9 Å². The summed E-state index contributed by atoms with van der Waals surface area (Å²) in [6.07, 6.45) is 0. The number of hydrogen-bond acceptors (Lipinski definition) is 8. The topological polar surface area (TPSA) is 82.8 Å².